The van der Waals surface area contributed by atoms with E-state index in [2.05, 4.69) is 36.7 Å². The number of ether oxygens (including phenoxy) is 1. The van der Waals surface area contributed by atoms with Crippen molar-refractivity contribution in [2.45, 2.75) is 76.2 Å². The largest absolute Gasteiger partial charge is 0.482 e. The molecule has 4 aliphatic rings. The Balaban J connectivity index is 0.910. The van der Waals surface area contributed by atoms with Crippen molar-refractivity contribution in [2.24, 2.45) is 15.8 Å². The first-order valence-corrected chi connectivity index (χ1v) is 19.9. The number of aldehydes is 1. The number of allylic oxidation sites excluding steroid dienone is 1. The molecule has 5 heterocycles. The second-order valence-corrected chi connectivity index (χ2v) is 15.3. The van der Waals surface area contributed by atoms with Crippen LogP contribution in [-0.2, 0) is 16.1 Å². The molecule has 16 heteroatoms. The number of imide groups is 1. The molecule has 0 aliphatic carbocycles. The third-order valence-electron chi connectivity index (χ3n) is 11.6. The number of piperidine rings is 3. The molecular weight excluding hydrogens is 742 g/mol. The first-order chi connectivity index (χ1) is 28.1. The zero-order chi connectivity index (χ0) is 40.8. The number of likely N-dealkylation sites (tertiary alicyclic amines) is 1. The van der Waals surface area contributed by atoms with Crippen LogP contribution in [0.2, 0.25) is 0 Å². The van der Waals surface area contributed by atoms with Crippen LogP contribution in [0, 0.1) is 5.82 Å². The Labute approximate surface area is 337 Å². The van der Waals surface area contributed by atoms with Crippen LogP contribution in [0.3, 0.4) is 0 Å². The summed E-state index contributed by atoms with van der Waals surface area (Å²) in [5.74, 6) is -0.367. The number of amides is 2. The molecule has 15 nitrogen and oxygen atoms in total. The molecule has 0 bridgehead atoms. The number of benzene rings is 2. The lowest BCUT2D eigenvalue weighted by atomic mass is 9.97. The Hall–Kier alpha value is -5.71. The third kappa shape index (κ3) is 9.35. The molecule has 3 saturated heterocycles. The second kappa shape index (κ2) is 18.3. The van der Waals surface area contributed by atoms with Gasteiger partial charge in [0.05, 0.1) is 24.3 Å². The molecule has 58 heavy (non-hydrogen) atoms. The molecule has 6 N–H and O–H groups in total. The van der Waals surface area contributed by atoms with Crippen molar-refractivity contribution in [3.63, 3.8) is 0 Å². The molecule has 3 fully saturated rings. The topological polar surface area (TPSA) is 187 Å². The first-order valence-electron chi connectivity index (χ1n) is 19.9. The van der Waals surface area contributed by atoms with Crippen molar-refractivity contribution in [3.8, 4) is 5.75 Å². The van der Waals surface area contributed by atoms with Gasteiger partial charge in [-0.15, -0.1) is 0 Å². The van der Waals surface area contributed by atoms with Gasteiger partial charge in [-0.3, -0.25) is 29.6 Å². The van der Waals surface area contributed by atoms with E-state index in [1.54, 1.807) is 35.9 Å². The van der Waals surface area contributed by atoms with Gasteiger partial charge in [0, 0.05) is 98.0 Å². The van der Waals surface area contributed by atoms with Crippen molar-refractivity contribution >= 4 is 53.3 Å². The Morgan fingerprint density at radius 1 is 1.09 bits per heavy atom. The zero-order valence-corrected chi connectivity index (χ0v) is 33.0. The maximum Gasteiger partial charge on any atom is 0.243 e. The number of anilines is 3. The summed E-state index contributed by atoms with van der Waals surface area (Å²) >= 11 is 0. The number of halogens is 1. The Morgan fingerprint density at radius 2 is 1.88 bits per heavy atom. The van der Waals surface area contributed by atoms with Gasteiger partial charge < -0.3 is 26.0 Å². The van der Waals surface area contributed by atoms with Gasteiger partial charge in [-0.05, 0) is 94.1 Å². The fraction of sp³-hybridized carbons (Fsp3) is 0.429. The molecule has 306 valence electrons. The summed E-state index contributed by atoms with van der Waals surface area (Å²) in [5, 5.41) is 8.31. The lowest BCUT2D eigenvalue weighted by molar-refractivity contribution is -0.137. The van der Waals surface area contributed by atoms with Crippen LogP contribution in [0.5, 0.6) is 5.75 Å². The van der Waals surface area contributed by atoms with Crippen LogP contribution < -0.4 is 37.0 Å². The highest BCUT2D eigenvalue weighted by atomic mass is 19.1. The Bertz CT molecular complexity index is 2080. The molecule has 0 saturated carbocycles. The van der Waals surface area contributed by atoms with E-state index < -0.39 is 12.1 Å². The number of likely N-dealkylation sites (N-methyl/N-ethyl adjacent to an activating group) is 1. The minimum absolute atomic E-state index is 0.157. The highest BCUT2D eigenvalue weighted by molar-refractivity contribution is 6.09. The average molecular weight is 794 g/mol. The summed E-state index contributed by atoms with van der Waals surface area (Å²) in [6, 6.07) is 12.4. The van der Waals surface area contributed by atoms with Crippen LogP contribution >= 0.6 is 0 Å². The maximum absolute atomic E-state index is 14.3. The standard InChI is InChI=1S/C42H52FN11O4/c1-27(36-21-32(43)4-6-37(36)54-48-13-14-49-54)58-39-20-29(23-47-41(39)45)31(22-44)24-46-33-9-15-52(16-10-33)34-11-17-53(18-12-34)35-5-3-28(26-55)30(19-35)25-51(2)38-7-8-40(56)50-42(38)57/h3-6,13,19-24,26-27,33-34,38,49H,7-12,14-18,25,44H2,1-2H3,(H2,45,47)(H,50,56,57)/b31-22+,46-24?. The van der Waals surface area contributed by atoms with E-state index >= 15 is 0 Å². The lowest BCUT2D eigenvalue weighted by Crippen LogP contribution is -2.51. The summed E-state index contributed by atoms with van der Waals surface area (Å²) in [6.45, 7) is 6.55. The van der Waals surface area contributed by atoms with E-state index in [4.69, 9.17) is 21.2 Å². The molecule has 0 radical (unpaired) electrons. The number of hydrogen-bond acceptors (Lipinski definition) is 14. The minimum atomic E-state index is -0.576. The van der Waals surface area contributed by atoms with Gasteiger partial charge in [0.15, 0.2) is 11.6 Å². The molecule has 2 aromatic carbocycles. The number of hydrazone groups is 1. The quantitative estimate of drug-likeness (QED) is 0.112. The van der Waals surface area contributed by atoms with E-state index in [-0.39, 0.29) is 29.5 Å². The van der Waals surface area contributed by atoms with Crippen molar-refractivity contribution < 1.29 is 23.5 Å². The fourth-order valence-electron chi connectivity index (χ4n) is 8.25. The summed E-state index contributed by atoms with van der Waals surface area (Å²) < 4.78 is 20.6. The molecular formula is C42H52FN11O4. The van der Waals surface area contributed by atoms with Crippen LogP contribution in [0.25, 0.3) is 5.57 Å². The van der Waals surface area contributed by atoms with E-state index in [9.17, 15) is 18.8 Å². The van der Waals surface area contributed by atoms with E-state index in [0.717, 1.165) is 69.4 Å². The number of aliphatic imine (C=N–C) groups is 1. The van der Waals surface area contributed by atoms with E-state index in [1.165, 1.54) is 18.3 Å². The molecule has 0 spiro atoms. The van der Waals surface area contributed by atoms with Gasteiger partial charge in [-0.1, -0.05) is 0 Å². The SMILES string of the molecule is CC(Oc1cc(/C(C=NC2CCN(C3CCN(c4ccc(C=O)c(CN(C)C5CCC(=O)NC5=O)c4)CC3)CC2)=C/N)cnc1N)c1cc(F)ccc1N1N=CCN1. The first kappa shape index (κ1) is 40.5. The van der Waals surface area contributed by atoms with Crippen molar-refractivity contribution in [1.29, 1.82) is 0 Å². The number of carbonyl (C=O) groups is 3. The Morgan fingerprint density at radius 3 is 2.59 bits per heavy atom. The number of rotatable bonds is 13. The normalized spacial score (nSPS) is 20.6. The van der Waals surface area contributed by atoms with Crippen molar-refractivity contribution in [2.75, 3.05) is 55.5 Å². The van der Waals surface area contributed by atoms with Gasteiger partial charge in [0.1, 0.15) is 18.2 Å². The van der Waals surface area contributed by atoms with Crippen LogP contribution in [0.15, 0.2) is 65.0 Å². The number of nitrogen functional groups attached to an aromatic ring is 1. The monoisotopic (exact) mass is 793 g/mol. The molecule has 7 rings (SSSR count). The fourth-order valence-corrected chi connectivity index (χ4v) is 8.25. The second-order valence-electron chi connectivity index (χ2n) is 15.3. The number of nitrogens with one attached hydrogen (secondary N) is 2. The van der Waals surface area contributed by atoms with Crippen LogP contribution in [0.4, 0.5) is 21.6 Å². The number of aromatic nitrogens is 1. The average Bonchev–Trinajstić information content (AvgIpc) is 3.77. The maximum atomic E-state index is 14.3. The zero-order valence-electron chi connectivity index (χ0n) is 33.0. The predicted octanol–water partition coefficient (Wildman–Crippen LogP) is 3.81. The highest BCUT2D eigenvalue weighted by Crippen LogP contribution is 2.34. The molecule has 3 aromatic rings. The van der Waals surface area contributed by atoms with Gasteiger partial charge in [0.2, 0.25) is 11.8 Å². The van der Waals surface area contributed by atoms with Crippen LogP contribution in [-0.4, -0.2) is 103 Å². The number of hydrogen-bond donors (Lipinski definition) is 4. The number of nitrogens with zero attached hydrogens (tertiary/aromatic N) is 7. The van der Waals surface area contributed by atoms with Crippen LogP contribution in [0.1, 0.15) is 78.6 Å². The number of pyridine rings is 1. The molecule has 2 atom stereocenters. The summed E-state index contributed by atoms with van der Waals surface area (Å²) in [4.78, 5) is 52.2. The predicted molar refractivity (Wildman–Crippen MR) is 223 cm³/mol. The summed E-state index contributed by atoms with van der Waals surface area (Å²) in [6.07, 6.45) is 11.7. The van der Waals surface area contributed by atoms with Crippen molar-refractivity contribution in [3.05, 3.63) is 82.9 Å². The van der Waals surface area contributed by atoms with E-state index in [0.29, 0.717) is 65.7 Å². The van der Waals surface area contributed by atoms with Gasteiger partial charge in [0.25, 0.3) is 0 Å². The molecule has 2 amide bonds. The number of hydrazine groups is 1. The molecule has 4 aliphatic heterocycles. The number of nitrogens with two attached hydrogens (primary N) is 2. The van der Waals surface area contributed by atoms with Gasteiger partial charge >= 0.3 is 0 Å². The van der Waals surface area contributed by atoms with Gasteiger partial charge in [-0.2, -0.15) is 10.2 Å². The third-order valence-corrected chi connectivity index (χ3v) is 11.6. The van der Waals surface area contributed by atoms with E-state index in [1.807, 2.05) is 31.0 Å². The molecule has 1 aromatic heterocycles. The smallest absolute Gasteiger partial charge is 0.243 e. The minimum Gasteiger partial charge on any atom is -0.482 e. The highest BCUT2D eigenvalue weighted by Gasteiger charge is 2.31. The number of carbonyl (C=O) groups excluding carboxylic acids is 3. The Kier molecular flexibility index (Phi) is 12.7. The molecule has 2 unspecified atom stereocenters. The van der Waals surface area contributed by atoms with Crippen molar-refractivity contribution in [1.82, 2.24) is 25.5 Å². The summed E-state index contributed by atoms with van der Waals surface area (Å²) in [7, 11) is 1.86. The lowest BCUT2D eigenvalue weighted by Gasteiger charge is -2.42. The summed E-state index contributed by atoms with van der Waals surface area (Å²) in [5.41, 5.74) is 20.6. The van der Waals surface area contributed by atoms with Gasteiger partial charge in [-0.25, -0.2) is 14.8 Å².